The maximum atomic E-state index is 10.8. The van der Waals surface area contributed by atoms with Gasteiger partial charge in [-0.05, 0) is 18.2 Å². The predicted octanol–water partition coefficient (Wildman–Crippen LogP) is 1.41. The summed E-state index contributed by atoms with van der Waals surface area (Å²) in [5, 5.41) is 12.2. The molecule has 1 aromatic rings. The number of carboxylic acids is 1. The van der Waals surface area contributed by atoms with Crippen LogP contribution in [-0.4, -0.2) is 24.2 Å². The van der Waals surface area contributed by atoms with E-state index in [1.807, 2.05) is 0 Å². The summed E-state index contributed by atoms with van der Waals surface area (Å²) < 4.78 is 0. The average molecular weight is 215 g/mol. The van der Waals surface area contributed by atoms with Gasteiger partial charge in [0.1, 0.15) is 0 Å². The van der Waals surface area contributed by atoms with Crippen LogP contribution in [0.4, 0.5) is 5.69 Å². The van der Waals surface area contributed by atoms with E-state index in [4.69, 9.17) is 22.4 Å². The van der Waals surface area contributed by atoms with E-state index in [9.17, 15) is 4.79 Å². The highest BCUT2D eigenvalue weighted by Crippen LogP contribution is 2.20. The lowest BCUT2D eigenvalue weighted by molar-refractivity contribution is 0.0698. The van der Waals surface area contributed by atoms with Crippen molar-refractivity contribution in [1.82, 2.24) is 0 Å². The number of nitrogens with two attached hydrogens (primary N) is 1. The zero-order valence-corrected chi connectivity index (χ0v) is 8.21. The number of nitrogens with one attached hydrogen (secondary N) is 1. The fourth-order valence-electron chi connectivity index (χ4n) is 1.05. The molecule has 0 saturated heterocycles. The third-order valence-electron chi connectivity index (χ3n) is 1.67. The van der Waals surface area contributed by atoms with Gasteiger partial charge in [0.2, 0.25) is 0 Å². The molecule has 0 aliphatic heterocycles. The minimum Gasteiger partial charge on any atom is -0.478 e. The van der Waals surface area contributed by atoms with Gasteiger partial charge in [-0.2, -0.15) is 0 Å². The molecule has 0 unspecified atom stereocenters. The summed E-state index contributed by atoms with van der Waals surface area (Å²) in [6.45, 7) is 0.976. The lowest BCUT2D eigenvalue weighted by atomic mass is 10.2. The van der Waals surface area contributed by atoms with Crippen LogP contribution in [0.25, 0.3) is 0 Å². The monoisotopic (exact) mass is 214 g/mol. The molecular formula is C9H11ClN2O2. The smallest absolute Gasteiger partial charge is 0.337 e. The minimum absolute atomic E-state index is 0.158. The Labute approximate surface area is 86.7 Å². The zero-order chi connectivity index (χ0) is 10.6. The average Bonchev–Trinajstić information content (AvgIpc) is 2.15. The minimum atomic E-state index is -1.01. The molecule has 4 N–H and O–H groups in total. The van der Waals surface area contributed by atoms with Gasteiger partial charge in [-0.1, -0.05) is 11.6 Å². The van der Waals surface area contributed by atoms with Crippen molar-refractivity contribution in [3.05, 3.63) is 28.8 Å². The van der Waals surface area contributed by atoms with E-state index >= 15 is 0 Å². The standard InChI is InChI=1S/C9H11ClN2O2/c10-6-1-2-8(12-4-3-11)7(5-6)9(13)14/h1-2,5,12H,3-4,11H2,(H,13,14). The lowest BCUT2D eigenvalue weighted by Gasteiger charge is -2.08. The van der Waals surface area contributed by atoms with Gasteiger partial charge in [0.15, 0.2) is 0 Å². The largest absolute Gasteiger partial charge is 0.478 e. The Morgan fingerprint density at radius 2 is 2.29 bits per heavy atom. The van der Waals surface area contributed by atoms with Crippen molar-refractivity contribution in [1.29, 1.82) is 0 Å². The molecule has 0 heterocycles. The molecule has 0 spiro atoms. The molecule has 1 rings (SSSR count). The molecule has 4 nitrogen and oxygen atoms in total. The summed E-state index contributed by atoms with van der Waals surface area (Å²) in [5.74, 6) is -1.01. The molecular weight excluding hydrogens is 204 g/mol. The fourth-order valence-corrected chi connectivity index (χ4v) is 1.23. The van der Waals surface area contributed by atoms with Crippen molar-refractivity contribution in [2.75, 3.05) is 18.4 Å². The first kappa shape index (κ1) is 10.8. The normalized spacial score (nSPS) is 9.86. The van der Waals surface area contributed by atoms with Gasteiger partial charge in [0.05, 0.1) is 5.56 Å². The van der Waals surface area contributed by atoms with Gasteiger partial charge >= 0.3 is 5.97 Å². The molecule has 0 bridgehead atoms. The highest BCUT2D eigenvalue weighted by atomic mass is 35.5. The Morgan fingerprint density at radius 1 is 1.57 bits per heavy atom. The van der Waals surface area contributed by atoms with E-state index in [1.54, 1.807) is 12.1 Å². The van der Waals surface area contributed by atoms with E-state index in [0.717, 1.165) is 0 Å². The highest BCUT2D eigenvalue weighted by molar-refractivity contribution is 6.31. The Balaban J connectivity index is 2.96. The summed E-state index contributed by atoms with van der Waals surface area (Å²) in [5.41, 5.74) is 5.99. The van der Waals surface area contributed by atoms with Crippen LogP contribution < -0.4 is 11.1 Å². The molecule has 0 saturated carbocycles. The van der Waals surface area contributed by atoms with Gasteiger partial charge in [-0.3, -0.25) is 0 Å². The summed E-state index contributed by atoms with van der Waals surface area (Å²) in [6.07, 6.45) is 0. The van der Waals surface area contributed by atoms with E-state index in [2.05, 4.69) is 5.32 Å². The first-order chi connectivity index (χ1) is 6.65. The number of carbonyl (C=O) groups is 1. The topological polar surface area (TPSA) is 75.3 Å². The third-order valence-corrected chi connectivity index (χ3v) is 1.91. The molecule has 14 heavy (non-hydrogen) atoms. The maximum absolute atomic E-state index is 10.8. The van der Waals surface area contributed by atoms with Gasteiger partial charge in [0, 0.05) is 23.8 Å². The SMILES string of the molecule is NCCNc1ccc(Cl)cc1C(=O)O. The second kappa shape index (κ2) is 4.83. The number of aromatic carboxylic acids is 1. The van der Waals surface area contributed by atoms with Gasteiger partial charge in [-0.15, -0.1) is 0 Å². The van der Waals surface area contributed by atoms with Crippen LogP contribution >= 0.6 is 11.6 Å². The van der Waals surface area contributed by atoms with Crippen molar-refractivity contribution in [3.8, 4) is 0 Å². The van der Waals surface area contributed by atoms with Crippen LogP contribution in [0.3, 0.4) is 0 Å². The van der Waals surface area contributed by atoms with Crippen molar-refractivity contribution in [2.24, 2.45) is 5.73 Å². The lowest BCUT2D eigenvalue weighted by Crippen LogP contribution is -2.15. The molecule has 76 valence electrons. The molecule has 0 aromatic heterocycles. The van der Waals surface area contributed by atoms with Gasteiger partial charge in [-0.25, -0.2) is 4.79 Å². The predicted molar refractivity (Wildman–Crippen MR) is 56.0 cm³/mol. The molecule has 1 aromatic carbocycles. The molecule has 0 fully saturated rings. The van der Waals surface area contributed by atoms with Crippen LogP contribution in [0.15, 0.2) is 18.2 Å². The second-order valence-electron chi connectivity index (χ2n) is 2.71. The number of hydrogen-bond acceptors (Lipinski definition) is 3. The number of carboxylic acid groups (broad SMARTS) is 1. The molecule has 0 aliphatic carbocycles. The van der Waals surface area contributed by atoms with Crippen LogP contribution in [0.1, 0.15) is 10.4 Å². The third kappa shape index (κ3) is 2.61. The molecule has 0 atom stereocenters. The van der Waals surface area contributed by atoms with Crippen LogP contribution in [0.2, 0.25) is 5.02 Å². The first-order valence-electron chi connectivity index (χ1n) is 4.12. The maximum Gasteiger partial charge on any atom is 0.337 e. The summed E-state index contributed by atoms with van der Waals surface area (Å²) in [7, 11) is 0. The Bertz CT molecular complexity index is 342. The Morgan fingerprint density at radius 3 is 2.86 bits per heavy atom. The van der Waals surface area contributed by atoms with Crippen LogP contribution in [0, 0.1) is 0 Å². The summed E-state index contributed by atoms with van der Waals surface area (Å²) >= 11 is 5.68. The van der Waals surface area contributed by atoms with Crippen molar-refractivity contribution in [2.45, 2.75) is 0 Å². The Hall–Kier alpha value is -1.26. The molecule has 5 heteroatoms. The van der Waals surface area contributed by atoms with E-state index in [-0.39, 0.29) is 5.56 Å². The molecule has 0 aliphatic rings. The number of benzene rings is 1. The van der Waals surface area contributed by atoms with Gasteiger partial charge < -0.3 is 16.2 Å². The van der Waals surface area contributed by atoms with Crippen molar-refractivity contribution >= 4 is 23.3 Å². The first-order valence-corrected chi connectivity index (χ1v) is 4.49. The number of hydrogen-bond donors (Lipinski definition) is 3. The summed E-state index contributed by atoms with van der Waals surface area (Å²) in [6, 6.07) is 4.66. The Kier molecular flexibility index (Phi) is 3.73. The van der Waals surface area contributed by atoms with E-state index in [0.29, 0.717) is 23.8 Å². The van der Waals surface area contributed by atoms with Crippen LogP contribution in [0.5, 0.6) is 0 Å². The second-order valence-corrected chi connectivity index (χ2v) is 3.15. The van der Waals surface area contributed by atoms with Crippen molar-refractivity contribution in [3.63, 3.8) is 0 Å². The number of rotatable bonds is 4. The zero-order valence-electron chi connectivity index (χ0n) is 7.46. The van der Waals surface area contributed by atoms with Crippen LogP contribution in [-0.2, 0) is 0 Å². The van der Waals surface area contributed by atoms with E-state index in [1.165, 1.54) is 6.07 Å². The number of anilines is 1. The summed E-state index contributed by atoms with van der Waals surface area (Å²) in [4.78, 5) is 10.8. The molecule has 0 amide bonds. The fraction of sp³-hybridized carbons (Fsp3) is 0.222. The highest BCUT2D eigenvalue weighted by Gasteiger charge is 2.09. The number of halogens is 1. The molecule has 0 radical (unpaired) electrons. The van der Waals surface area contributed by atoms with Crippen molar-refractivity contribution < 1.29 is 9.90 Å². The quantitative estimate of drug-likeness (QED) is 0.709. The van der Waals surface area contributed by atoms with Gasteiger partial charge in [0.25, 0.3) is 0 Å². The van der Waals surface area contributed by atoms with E-state index < -0.39 is 5.97 Å².